The summed E-state index contributed by atoms with van der Waals surface area (Å²) in [7, 11) is 0. The van der Waals surface area contributed by atoms with Gasteiger partial charge in [0.2, 0.25) is 5.91 Å². The lowest BCUT2D eigenvalue weighted by molar-refractivity contribution is -0.139. The van der Waals surface area contributed by atoms with E-state index in [-0.39, 0.29) is 17.4 Å². The van der Waals surface area contributed by atoms with Gasteiger partial charge in [0.1, 0.15) is 0 Å². The fourth-order valence-electron chi connectivity index (χ4n) is 2.73. The number of carbonyl (C=O) groups excluding carboxylic acids is 1. The third kappa shape index (κ3) is 3.95. The molecule has 1 amide bonds. The summed E-state index contributed by atoms with van der Waals surface area (Å²) in [6.45, 7) is 8.73. The lowest BCUT2D eigenvalue weighted by Gasteiger charge is -2.39. The fourth-order valence-corrected chi connectivity index (χ4v) is 2.73. The molecule has 1 rings (SSSR count). The molecule has 1 aliphatic carbocycles. The number of amides is 1. The summed E-state index contributed by atoms with van der Waals surface area (Å²) >= 11 is 0. The van der Waals surface area contributed by atoms with Gasteiger partial charge in [-0.15, -0.1) is 0 Å². The van der Waals surface area contributed by atoms with Gasteiger partial charge in [-0.3, -0.25) is 4.79 Å². The Labute approximate surface area is 111 Å². The number of carbonyl (C=O) groups is 1. The minimum Gasteiger partial charge on any atom is -0.380 e. The summed E-state index contributed by atoms with van der Waals surface area (Å²) in [6, 6.07) is 0. The van der Waals surface area contributed by atoms with Gasteiger partial charge < -0.3 is 15.4 Å². The van der Waals surface area contributed by atoms with Crippen LogP contribution in [0.25, 0.3) is 0 Å². The second-order valence-electron chi connectivity index (χ2n) is 5.42. The normalized spacial score (nSPS) is 28.1. The van der Waals surface area contributed by atoms with E-state index in [4.69, 9.17) is 10.5 Å². The molecule has 0 aromatic rings. The van der Waals surface area contributed by atoms with Crippen LogP contribution in [0.3, 0.4) is 0 Å². The second-order valence-corrected chi connectivity index (χ2v) is 5.42. The zero-order valence-electron chi connectivity index (χ0n) is 12.1. The van der Waals surface area contributed by atoms with Gasteiger partial charge in [-0.2, -0.15) is 0 Å². The summed E-state index contributed by atoms with van der Waals surface area (Å²) in [5.41, 5.74) is 5.95. The number of nitrogens with zero attached hydrogens (tertiary/aromatic N) is 1. The van der Waals surface area contributed by atoms with Crippen LogP contribution in [-0.2, 0) is 9.53 Å². The molecular weight excluding hydrogens is 228 g/mol. The van der Waals surface area contributed by atoms with Crippen LogP contribution in [-0.4, -0.2) is 42.6 Å². The zero-order valence-corrected chi connectivity index (χ0v) is 12.1. The quantitative estimate of drug-likeness (QED) is 0.737. The van der Waals surface area contributed by atoms with E-state index in [2.05, 4.69) is 0 Å². The van der Waals surface area contributed by atoms with Crippen molar-refractivity contribution in [2.45, 2.75) is 52.0 Å². The number of likely N-dealkylation sites (N-methyl/N-ethyl adjacent to an activating group) is 1. The summed E-state index contributed by atoms with van der Waals surface area (Å²) < 4.78 is 5.33. The molecule has 0 saturated heterocycles. The highest BCUT2D eigenvalue weighted by atomic mass is 16.5. The van der Waals surface area contributed by atoms with E-state index in [1.54, 1.807) is 0 Å². The zero-order chi connectivity index (χ0) is 13.6. The lowest BCUT2D eigenvalue weighted by Crippen LogP contribution is -2.54. The molecule has 2 N–H and O–H groups in total. The SMILES string of the molecule is CCOCCN(CC)C(=O)C1CCCCC1(C)N. The van der Waals surface area contributed by atoms with E-state index < -0.39 is 0 Å². The maximum atomic E-state index is 12.5. The molecule has 0 heterocycles. The monoisotopic (exact) mass is 256 g/mol. The third-order valence-electron chi connectivity index (χ3n) is 3.96. The average molecular weight is 256 g/mol. The van der Waals surface area contributed by atoms with Gasteiger partial charge >= 0.3 is 0 Å². The second kappa shape index (κ2) is 7.10. The van der Waals surface area contributed by atoms with E-state index in [1.807, 2.05) is 25.7 Å². The van der Waals surface area contributed by atoms with Crippen molar-refractivity contribution in [3.8, 4) is 0 Å². The van der Waals surface area contributed by atoms with E-state index in [1.165, 1.54) is 0 Å². The highest BCUT2D eigenvalue weighted by Gasteiger charge is 2.39. The average Bonchev–Trinajstić information content (AvgIpc) is 2.33. The van der Waals surface area contributed by atoms with Crippen LogP contribution in [0.1, 0.15) is 46.5 Å². The topological polar surface area (TPSA) is 55.6 Å². The van der Waals surface area contributed by atoms with Gasteiger partial charge in [-0.05, 0) is 33.6 Å². The van der Waals surface area contributed by atoms with Crippen LogP contribution in [0.5, 0.6) is 0 Å². The van der Waals surface area contributed by atoms with Gasteiger partial charge in [0.15, 0.2) is 0 Å². The Kier molecular flexibility index (Phi) is 6.09. The van der Waals surface area contributed by atoms with Crippen LogP contribution in [0.2, 0.25) is 0 Å². The van der Waals surface area contributed by atoms with Crippen molar-refractivity contribution in [1.29, 1.82) is 0 Å². The van der Waals surface area contributed by atoms with Gasteiger partial charge in [-0.1, -0.05) is 12.8 Å². The largest absolute Gasteiger partial charge is 0.380 e. The highest BCUT2D eigenvalue weighted by Crippen LogP contribution is 2.32. The first-order chi connectivity index (χ1) is 8.53. The van der Waals surface area contributed by atoms with E-state index >= 15 is 0 Å². The molecule has 2 atom stereocenters. The van der Waals surface area contributed by atoms with Crippen LogP contribution >= 0.6 is 0 Å². The minimum atomic E-state index is -0.339. The molecule has 106 valence electrons. The number of ether oxygens (including phenoxy) is 1. The molecule has 4 heteroatoms. The third-order valence-corrected chi connectivity index (χ3v) is 3.96. The summed E-state index contributed by atoms with van der Waals surface area (Å²) in [5.74, 6) is 0.190. The van der Waals surface area contributed by atoms with Gasteiger partial charge in [0, 0.05) is 25.2 Å². The van der Waals surface area contributed by atoms with Crippen LogP contribution in [0.4, 0.5) is 0 Å². The maximum Gasteiger partial charge on any atom is 0.227 e. The predicted octanol–water partition coefficient (Wildman–Crippen LogP) is 1.78. The predicted molar refractivity (Wildman–Crippen MR) is 73.3 cm³/mol. The molecule has 0 aromatic heterocycles. The summed E-state index contributed by atoms with van der Waals surface area (Å²) in [6.07, 6.45) is 4.14. The molecule has 1 fully saturated rings. The number of nitrogens with two attached hydrogens (primary N) is 1. The van der Waals surface area contributed by atoms with Crippen LogP contribution in [0, 0.1) is 5.92 Å². The number of hydrogen-bond acceptors (Lipinski definition) is 3. The van der Waals surface area contributed by atoms with Crippen molar-refractivity contribution in [2.75, 3.05) is 26.3 Å². The Morgan fingerprint density at radius 3 is 2.72 bits per heavy atom. The van der Waals surface area contributed by atoms with Gasteiger partial charge in [0.05, 0.1) is 12.5 Å². The van der Waals surface area contributed by atoms with Crippen molar-refractivity contribution in [1.82, 2.24) is 4.90 Å². The van der Waals surface area contributed by atoms with Crippen molar-refractivity contribution < 1.29 is 9.53 Å². The lowest BCUT2D eigenvalue weighted by atomic mass is 9.74. The van der Waals surface area contributed by atoms with Gasteiger partial charge in [-0.25, -0.2) is 0 Å². The minimum absolute atomic E-state index is 0.0205. The maximum absolute atomic E-state index is 12.5. The summed E-state index contributed by atoms with van der Waals surface area (Å²) in [5, 5.41) is 0. The molecule has 0 aliphatic heterocycles. The number of rotatable bonds is 6. The molecule has 0 radical (unpaired) electrons. The van der Waals surface area contributed by atoms with E-state index in [0.29, 0.717) is 19.8 Å². The Balaban J connectivity index is 2.58. The number of hydrogen-bond donors (Lipinski definition) is 1. The Hall–Kier alpha value is -0.610. The standard InChI is InChI=1S/C14H28N2O2/c1-4-16(10-11-18-5-2)13(17)12-8-6-7-9-14(12,3)15/h12H,4-11,15H2,1-3H3. The first-order valence-electron chi connectivity index (χ1n) is 7.18. The first kappa shape index (κ1) is 15.4. The summed E-state index contributed by atoms with van der Waals surface area (Å²) in [4.78, 5) is 14.4. The van der Waals surface area contributed by atoms with E-state index in [9.17, 15) is 4.79 Å². The Morgan fingerprint density at radius 1 is 1.44 bits per heavy atom. The highest BCUT2D eigenvalue weighted by molar-refractivity contribution is 5.80. The van der Waals surface area contributed by atoms with E-state index in [0.717, 1.165) is 32.2 Å². The van der Waals surface area contributed by atoms with Crippen molar-refractivity contribution in [3.05, 3.63) is 0 Å². The Morgan fingerprint density at radius 2 is 2.17 bits per heavy atom. The van der Waals surface area contributed by atoms with Crippen molar-refractivity contribution in [2.24, 2.45) is 11.7 Å². The molecule has 0 bridgehead atoms. The molecular formula is C14H28N2O2. The first-order valence-corrected chi connectivity index (χ1v) is 7.18. The molecule has 0 spiro atoms. The molecule has 18 heavy (non-hydrogen) atoms. The Bertz CT molecular complexity index is 267. The molecule has 0 aromatic carbocycles. The van der Waals surface area contributed by atoms with Crippen molar-refractivity contribution in [3.63, 3.8) is 0 Å². The fraction of sp³-hybridized carbons (Fsp3) is 0.929. The smallest absolute Gasteiger partial charge is 0.227 e. The molecule has 1 saturated carbocycles. The van der Waals surface area contributed by atoms with Crippen molar-refractivity contribution >= 4 is 5.91 Å². The van der Waals surface area contributed by atoms with Gasteiger partial charge in [0.25, 0.3) is 0 Å². The molecule has 4 nitrogen and oxygen atoms in total. The van der Waals surface area contributed by atoms with Crippen LogP contribution in [0.15, 0.2) is 0 Å². The molecule has 2 unspecified atom stereocenters. The molecule has 1 aliphatic rings. The van der Waals surface area contributed by atoms with Crippen LogP contribution < -0.4 is 5.73 Å².